The molecule has 1 fully saturated rings. The lowest BCUT2D eigenvalue weighted by Crippen LogP contribution is -2.21. The quantitative estimate of drug-likeness (QED) is 0.270. The molecule has 0 saturated heterocycles. The lowest BCUT2D eigenvalue weighted by Gasteiger charge is -2.21. The molecule has 156 valence electrons. The molecule has 0 aromatic rings. The first kappa shape index (κ1) is 23.9. The fraction of sp³-hybridized carbons (Fsp3) is 0.773. The zero-order chi connectivity index (χ0) is 20.1. The smallest absolute Gasteiger partial charge is 0.303 e. The lowest BCUT2D eigenvalue weighted by molar-refractivity contribution is -0.137. The molecule has 1 aliphatic rings. The molecule has 1 saturated carbocycles. The fourth-order valence-electron chi connectivity index (χ4n) is 3.81. The van der Waals surface area contributed by atoms with Crippen LogP contribution in [0.25, 0.3) is 0 Å². The molecular weight excluding hydrogens is 344 g/mol. The van der Waals surface area contributed by atoms with E-state index < -0.39 is 24.3 Å². The second kappa shape index (κ2) is 13.9. The molecule has 5 heteroatoms. The van der Waals surface area contributed by atoms with Crippen molar-refractivity contribution in [2.45, 2.75) is 95.9 Å². The predicted molar refractivity (Wildman–Crippen MR) is 107 cm³/mol. The second-order valence-electron chi connectivity index (χ2n) is 7.76. The Morgan fingerprint density at radius 3 is 2.56 bits per heavy atom. The van der Waals surface area contributed by atoms with Crippen LogP contribution in [0.3, 0.4) is 0 Å². The van der Waals surface area contributed by atoms with E-state index in [0.717, 1.165) is 44.9 Å². The number of unbranched alkanes of at least 4 members (excludes halogenated alkanes) is 5. The Kier molecular flexibility index (Phi) is 12.3. The van der Waals surface area contributed by atoms with Crippen LogP contribution in [-0.2, 0) is 4.79 Å². The van der Waals surface area contributed by atoms with E-state index >= 15 is 0 Å². The number of aliphatic hydroxyl groups is 3. The Hall–Kier alpha value is -1.17. The summed E-state index contributed by atoms with van der Waals surface area (Å²) in [7, 11) is 0. The zero-order valence-corrected chi connectivity index (χ0v) is 16.7. The van der Waals surface area contributed by atoms with Gasteiger partial charge in [-0.2, -0.15) is 0 Å². The van der Waals surface area contributed by atoms with Crippen LogP contribution in [0.5, 0.6) is 0 Å². The number of aliphatic hydroxyl groups excluding tert-OH is 3. The molecule has 0 aromatic heterocycles. The summed E-state index contributed by atoms with van der Waals surface area (Å²) in [6, 6.07) is 0. The molecule has 0 aliphatic heterocycles. The molecular formula is C22H38O5. The van der Waals surface area contributed by atoms with Crippen LogP contribution in [0.2, 0.25) is 0 Å². The van der Waals surface area contributed by atoms with Crippen molar-refractivity contribution in [2.24, 2.45) is 11.8 Å². The van der Waals surface area contributed by atoms with Crippen molar-refractivity contribution in [3.8, 4) is 0 Å². The highest BCUT2D eigenvalue weighted by atomic mass is 16.4. The van der Waals surface area contributed by atoms with E-state index in [1.807, 2.05) is 18.2 Å². The van der Waals surface area contributed by atoms with Gasteiger partial charge >= 0.3 is 5.97 Å². The number of hydrogen-bond donors (Lipinski definition) is 4. The molecule has 0 bridgehead atoms. The van der Waals surface area contributed by atoms with Crippen molar-refractivity contribution in [1.82, 2.24) is 0 Å². The Morgan fingerprint density at radius 2 is 1.85 bits per heavy atom. The van der Waals surface area contributed by atoms with Gasteiger partial charge in [-0.3, -0.25) is 4.79 Å². The standard InChI is InChI=1S/C22H38O5/c1-2-3-8-12-18-19(21(25)16-20(18)24)15-14-17(23)11-9-6-4-5-7-10-13-22(26)27/h6,9,14-15,17-21,23-25H,2-5,7-8,10-13,16H2,1H3,(H,26,27)/b9-6-,15-14+/t17-,18+,19+,20+,21-/m0/s1. The SMILES string of the molecule is CCCCC[C@@H]1[C@@H](/C=C/[C@@H](O)C/C=C\CCCCCC(=O)O)[C@@H](O)C[C@H]1O. The molecule has 0 amide bonds. The molecule has 0 radical (unpaired) electrons. The maximum atomic E-state index is 10.4. The first-order valence-corrected chi connectivity index (χ1v) is 10.5. The second-order valence-corrected chi connectivity index (χ2v) is 7.76. The van der Waals surface area contributed by atoms with Crippen molar-refractivity contribution < 1.29 is 25.2 Å². The van der Waals surface area contributed by atoms with Crippen LogP contribution in [0, 0.1) is 11.8 Å². The molecule has 4 N–H and O–H groups in total. The zero-order valence-electron chi connectivity index (χ0n) is 16.7. The average molecular weight is 383 g/mol. The normalized spacial score (nSPS) is 27.0. The summed E-state index contributed by atoms with van der Waals surface area (Å²) in [5.74, 6) is -0.742. The van der Waals surface area contributed by atoms with Crippen molar-refractivity contribution in [2.75, 3.05) is 0 Å². The van der Waals surface area contributed by atoms with Gasteiger partial charge in [0.1, 0.15) is 0 Å². The van der Waals surface area contributed by atoms with Crippen LogP contribution in [-0.4, -0.2) is 44.7 Å². The molecule has 5 atom stereocenters. The van der Waals surface area contributed by atoms with E-state index in [0.29, 0.717) is 19.3 Å². The van der Waals surface area contributed by atoms with Gasteiger partial charge in [0.05, 0.1) is 18.3 Å². The summed E-state index contributed by atoms with van der Waals surface area (Å²) in [5.41, 5.74) is 0. The van der Waals surface area contributed by atoms with E-state index in [4.69, 9.17) is 5.11 Å². The van der Waals surface area contributed by atoms with Crippen molar-refractivity contribution in [3.05, 3.63) is 24.3 Å². The summed E-state index contributed by atoms with van der Waals surface area (Å²) in [5, 5.41) is 39.1. The van der Waals surface area contributed by atoms with Crippen LogP contribution in [0.15, 0.2) is 24.3 Å². The maximum absolute atomic E-state index is 10.4. The van der Waals surface area contributed by atoms with Gasteiger partial charge in [-0.1, -0.05) is 56.9 Å². The highest BCUT2D eigenvalue weighted by Crippen LogP contribution is 2.37. The van der Waals surface area contributed by atoms with E-state index in [-0.39, 0.29) is 18.3 Å². The minimum absolute atomic E-state index is 0.0790. The number of carbonyl (C=O) groups is 1. The van der Waals surface area contributed by atoms with E-state index in [9.17, 15) is 20.1 Å². The Morgan fingerprint density at radius 1 is 1.07 bits per heavy atom. The van der Waals surface area contributed by atoms with E-state index in [1.165, 1.54) is 0 Å². The molecule has 5 nitrogen and oxygen atoms in total. The number of aliphatic carboxylic acids is 1. The topological polar surface area (TPSA) is 98.0 Å². The lowest BCUT2D eigenvalue weighted by atomic mass is 9.88. The number of carboxylic acids is 1. The van der Waals surface area contributed by atoms with Gasteiger partial charge in [-0.25, -0.2) is 0 Å². The molecule has 1 aliphatic carbocycles. The van der Waals surface area contributed by atoms with Crippen LogP contribution in [0.4, 0.5) is 0 Å². The van der Waals surface area contributed by atoms with Gasteiger partial charge in [-0.05, 0) is 38.0 Å². The average Bonchev–Trinajstić information content (AvgIpc) is 2.88. The molecule has 0 unspecified atom stereocenters. The van der Waals surface area contributed by atoms with Gasteiger partial charge in [0.2, 0.25) is 0 Å². The van der Waals surface area contributed by atoms with Gasteiger partial charge in [0, 0.05) is 18.8 Å². The minimum Gasteiger partial charge on any atom is -0.481 e. The Balaban J connectivity index is 2.30. The Bertz CT molecular complexity index is 460. The van der Waals surface area contributed by atoms with Crippen LogP contribution < -0.4 is 0 Å². The Labute approximate surface area is 163 Å². The van der Waals surface area contributed by atoms with Crippen molar-refractivity contribution >= 4 is 5.97 Å². The van der Waals surface area contributed by atoms with Crippen molar-refractivity contribution in [1.29, 1.82) is 0 Å². The van der Waals surface area contributed by atoms with Crippen molar-refractivity contribution in [3.63, 3.8) is 0 Å². The fourth-order valence-corrected chi connectivity index (χ4v) is 3.81. The maximum Gasteiger partial charge on any atom is 0.303 e. The molecule has 27 heavy (non-hydrogen) atoms. The molecule has 0 spiro atoms. The van der Waals surface area contributed by atoms with Gasteiger partial charge in [0.25, 0.3) is 0 Å². The summed E-state index contributed by atoms with van der Waals surface area (Å²) in [6.45, 7) is 2.15. The monoisotopic (exact) mass is 382 g/mol. The van der Waals surface area contributed by atoms with E-state index in [1.54, 1.807) is 6.08 Å². The minimum atomic E-state index is -0.743. The van der Waals surface area contributed by atoms with Gasteiger partial charge < -0.3 is 20.4 Å². The summed E-state index contributed by atoms with van der Waals surface area (Å²) in [4.78, 5) is 10.4. The largest absolute Gasteiger partial charge is 0.481 e. The third-order valence-electron chi connectivity index (χ3n) is 5.42. The predicted octanol–water partition coefficient (Wildman–Crippen LogP) is 3.82. The third kappa shape index (κ3) is 10.1. The third-order valence-corrected chi connectivity index (χ3v) is 5.42. The van der Waals surface area contributed by atoms with Gasteiger partial charge in [-0.15, -0.1) is 0 Å². The summed E-state index contributed by atoms with van der Waals surface area (Å²) < 4.78 is 0. The summed E-state index contributed by atoms with van der Waals surface area (Å²) >= 11 is 0. The molecule has 1 rings (SSSR count). The van der Waals surface area contributed by atoms with Crippen LogP contribution >= 0.6 is 0 Å². The first-order chi connectivity index (χ1) is 13.0. The molecule has 0 aromatic carbocycles. The van der Waals surface area contributed by atoms with E-state index in [2.05, 4.69) is 6.92 Å². The molecule has 0 heterocycles. The van der Waals surface area contributed by atoms with Gasteiger partial charge in [0.15, 0.2) is 0 Å². The number of hydrogen-bond acceptors (Lipinski definition) is 4. The number of rotatable bonds is 14. The number of allylic oxidation sites excluding steroid dienone is 1. The first-order valence-electron chi connectivity index (χ1n) is 10.5. The highest BCUT2D eigenvalue weighted by molar-refractivity contribution is 5.66. The summed E-state index contributed by atoms with van der Waals surface area (Å²) in [6.07, 6.45) is 14.9. The van der Waals surface area contributed by atoms with Crippen LogP contribution in [0.1, 0.15) is 77.6 Å². The number of carboxylic acid groups (broad SMARTS) is 1. The highest BCUT2D eigenvalue weighted by Gasteiger charge is 2.39.